The van der Waals surface area contributed by atoms with Crippen LogP contribution in [-0.2, 0) is 0 Å². The summed E-state index contributed by atoms with van der Waals surface area (Å²) in [6.07, 6.45) is 0.968. The lowest BCUT2D eigenvalue weighted by atomic mass is 10.1. The summed E-state index contributed by atoms with van der Waals surface area (Å²) in [4.78, 5) is 12.5. The van der Waals surface area contributed by atoms with Crippen molar-refractivity contribution in [2.24, 2.45) is 5.92 Å². The van der Waals surface area contributed by atoms with Crippen LogP contribution in [0.4, 0.5) is 0 Å². The standard InChI is InChI=1S/C11H15BrClNOS/c1-7(2)5-8(6-12)14-11(15)9-3-4-10(13)16-9/h3-4,7-8H,5-6H2,1-2H3,(H,14,15). The van der Waals surface area contributed by atoms with Crippen LogP contribution < -0.4 is 5.32 Å². The van der Waals surface area contributed by atoms with Gasteiger partial charge in [-0.05, 0) is 24.5 Å². The molecule has 1 amide bonds. The molecule has 0 bridgehead atoms. The molecule has 0 aliphatic carbocycles. The topological polar surface area (TPSA) is 29.1 Å². The number of nitrogens with one attached hydrogen (secondary N) is 1. The zero-order valence-electron chi connectivity index (χ0n) is 9.30. The van der Waals surface area contributed by atoms with Crippen molar-refractivity contribution in [1.82, 2.24) is 5.32 Å². The van der Waals surface area contributed by atoms with Gasteiger partial charge in [-0.1, -0.05) is 41.4 Å². The molecule has 2 nitrogen and oxygen atoms in total. The first kappa shape index (κ1) is 14.0. The third kappa shape index (κ3) is 4.44. The van der Waals surface area contributed by atoms with Crippen molar-refractivity contribution in [3.63, 3.8) is 0 Å². The van der Waals surface area contributed by atoms with E-state index in [-0.39, 0.29) is 11.9 Å². The summed E-state index contributed by atoms with van der Waals surface area (Å²) in [5.74, 6) is 0.525. The third-order valence-corrected chi connectivity index (χ3v) is 4.09. The van der Waals surface area contributed by atoms with E-state index in [1.54, 1.807) is 12.1 Å². The molecule has 5 heteroatoms. The minimum atomic E-state index is -0.0398. The fourth-order valence-electron chi connectivity index (χ4n) is 1.42. The van der Waals surface area contributed by atoms with Gasteiger partial charge in [0, 0.05) is 11.4 Å². The molecule has 0 radical (unpaired) electrons. The zero-order valence-corrected chi connectivity index (χ0v) is 12.5. The molecule has 90 valence electrons. The minimum absolute atomic E-state index is 0.0398. The largest absolute Gasteiger partial charge is 0.348 e. The highest BCUT2D eigenvalue weighted by atomic mass is 79.9. The number of rotatable bonds is 5. The third-order valence-electron chi connectivity index (χ3n) is 2.07. The molecular weight excluding hydrogens is 310 g/mol. The van der Waals surface area contributed by atoms with Gasteiger partial charge >= 0.3 is 0 Å². The van der Waals surface area contributed by atoms with Crippen molar-refractivity contribution in [1.29, 1.82) is 0 Å². The molecule has 1 unspecified atom stereocenters. The molecule has 0 spiro atoms. The van der Waals surface area contributed by atoms with Crippen LogP contribution in [0.15, 0.2) is 12.1 Å². The summed E-state index contributed by atoms with van der Waals surface area (Å²) < 4.78 is 0.643. The van der Waals surface area contributed by atoms with Gasteiger partial charge in [0.2, 0.25) is 0 Å². The van der Waals surface area contributed by atoms with Crippen molar-refractivity contribution in [3.05, 3.63) is 21.3 Å². The van der Waals surface area contributed by atoms with Gasteiger partial charge in [-0.2, -0.15) is 0 Å². The van der Waals surface area contributed by atoms with Crippen molar-refractivity contribution >= 4 is 44.8 Å². The van der Waals surface area contributed by atoms with E-state index in [0.29, 0.717) is 15.1 Å². The van der Waals surface area contributed by atoms with E-state index in [4.69, 9.17) is 11.6 Å². The van der Waals surface area contributed by atoms with Crippen LogP contribution in [0.2, 0.25) is 4.34 Å². The van der Waals surface area contributed by atoms with E-state index in [1.165, 1.54) is 11.3 Å². The Morgan fingerprint density at radius 1 is 1.56 bits per heavy atom. The lowest BCUT2D eigenvalue weighted by Gasteiger charge is -2.17. The zero-order chi connectivity index (χ0) is 12.1. The first-order valence-electron chi connectivity index (χ1n) is 5.15. The van der Waals surface area contributed by atoms with E-state index in [2.05, 4.69) is 35.1 Å². The second-order valence-electron chi connectivity index (χ2n) is 4.06. The molecule has 16 heavy (non-hydrogen) atoms. The maximum atomic E-state index is 11.8. The first-order chi connectivity index (χ1) is 7.52. The highest BCUT2D eigenvalue weighted by Gasteiger charge is 2.15. The highest BCUT2D eigenvalue weighted by Crippen LogP contribution is 2.21. The molecular formula is C11H15BrClNOS. The number of hydrogen-bond acceptors (Lipinski definition) is 2. The summed E-state index contributed by atoms with van der Waals surface area (Å²) in [7, 11) is 0. The lowest BCUT2D eigenvalue weighted by Crippen LogP contribution is -2.36. The first-order valence-corrected chi connectivity index (χ1v) is 7.46. The monoisotopic (exact) mass is 323 g/mol. The predicted octanol–water partition coefficient (Wildman–Crippen LogP) is 3.94. The smallest absolute Gasteiger partial charge is 0.261 e. The van der Waals surface area contributed by atoms with Gasteiger partial charge in [0.05, 0.1) is 9.21 Å². The summed E-state index contributed by atoms with van der Waals surface area (Å²) in [5.41, 5.74) is 0. The SMILES string of the molecule is CC(C)CC(CBr)NC(=O)c1ccc(Cl)s1. The number of alkyl halides is 1. The van der Waals surface area contributed by atoms with Crippen molar-refractivity contribution < 1.29 is 4.79 Å². The summed E-state index contributed by atoms with van der Waals surface area (Å²) in [6.45, 7) is 4.29. The molecule has 0 saturated carbocycles. The maximum Gasteiger partial charge on any atom is 0.261 e. The van der Waals surface area contributed by atoms with Crippen molar-refractivity contribution in [3.8, 4) is 0 Å². The molecule has 1 rings (SSSR count). The van der Waals surface area contributed by atoms with Gasteiger partial charge in [-0.25, -0.2) is 0 Å². The summed E-state index contributed by atoms with van der Waals surface area (Å²) in [6, 6.07) is 3.67. The van der Waals surface area contributed by atoms with Gasteiger partial charge < -0.3 is 5.32 Å². The number of carbonyl (C=O) groups excluding carboxylic acids is 1. The van der Waals surface area contributed by atoms with Crippen LogP contribution in [0.3, 0.4) is 0 Å². The molecule has 1 heterocycles. The minimum Gasteiger partial charge on any atom is -0.348 e. The van der Waals surface area contributed by atoms with Crippen LogP contribution in [-0.4, -0.2) is 17.3 Å². The van der Waals surface area contributed by atoms with Crippen LogP contribution in [0.25, 0.3) is 0 Å². The van der Waals surface area contributed by atoms with Gasteiger partial charge in [-0.3, -0.25) is 4.79 Å². The Bertz CT molecular complexity index is 354. The number of carbonyl (C=O) groups is 1. The van der Waals surface area contributed by atoms with Crippen molar-refractivity contribution in [2.45, 2.75) is 26.3 Å². The molecule has 1 aromatic rings. The van der Waals surface area contributed by atoms with Crippen molar-refractivity contribution in [2.75, 3.05) is 5.33 Å². The van der Waals surface area contributed by atoms with E-state index < -0.39 is 0 Å². The Labute approximate surface area is 114 Å². The molecule has 1 aromatic heterocycles. The average molecular weight is 325 g/mol. The van der Waals surface area contributed by atoms with E-state index in [1.807, 2.05) is 0 Å². The quantitative estimate of drug-likeness (QED) is 0.817. The molecule has 0 saturated heterocycles. The Balaban J connectivity index is 2.55. The number of amides is 1. The fraction of sp³-hybridized carbons (Fsp3) is 0.545. The molecule has 0 aliphatic heterocycles. The van der Waals surface area contributed by atoms with E-state index in [0.717, 1.165) is 11.8 Å². The van der Waals surface area contributed by atoms with Crippen LogP contribution in [0, 0.1) is 5.92 Å². The fourth-order valence-corrected chi connectivity index (χ4v) is 2.79. The Morgan fingerprint density at radius 2 is 2.25 bits per heavy atom. The molecule has 1 N–H and O–H groups in total. The molecule has 0 aliphatic rings. The van der Waals surface area contributed by atoms with Gasteiger partial charge in [-0.15, -0.1) is 11.3 Å². The van der Waals surface area contributed by atoms with E-state index in [9.17, 15) is 4.79 Å². The lowest BCUT2D eigenvalue weighted by molar-refractivity contribution is 0.0941. The normalized spacial score (nSPS) is 12.8. The van der Waals surface area contributed by atoms with Gasteiger partial charge in [0.25, 0.3) is 5.91 Å². The number of halogens is 2. The summed E-state index contributed by atoms with van der Waals surface area (Å²) in [5, 5.41) is 3.77. The Hall–Kier alpha value is -0.0600. The second kappa shape index (κ2) is 6.62. The average Bonchev–Trinajstić information content (AvgIpc) is 2.63. The Morgan fingerprint density at radius 3 is 2.69 bits per heavy atom. The Kier molecular flexibility index (Phi) is 5.79. The van der Waals surface area contributed by atoms with E-state index >= 15 is 0 Å². The predicted molar refractivity (Wildman–Crippen MR) is 73.8 cm³/mol. The van der Waals surface area contributed by atoms with Gasteiger partial charge in [0.15, 0.2) is 0 Å². The maximum absolute atomic E-state index is 11.8. The molecule has 0 aromatic carbocycles. The number of thiophene rings is 1. The van der Waals surface area contributed by atoms with Crippen LogP contribution >= 0.6 is 38.9 Å². The molecule has 1 atom stereocenters. The van der Waals surface area contributed by atoms with Gasteiger partial charge in [0.1, 0.15) is 0 Å². The highest BCUT2D eigenvalue weighted by molar-refractivity contribution is 9.09. The van der Waals surface area contributed by atoms with Crippen LogP contribution in [0.5, 0.6) is 0 Å². The van der Waals surface area contributed by atoms with Crippen LogP contribution in [0.1, 0.15) is 29.9 Å². The molecule has 0 fully saturated rings. The number of hydrogen-bond donors (Lipinski definition) is 1. The summed E-state index contributed by atoms with van der Waals surface area (Å²) >= 11 is 10.5. The second-order valence-corrected chi connectivity index (χ2v) is 6.42.